The molecular formula is C57H60ClF4NO5S3. The van der Waals surface area contributed by atoms with Crippen LogP contribution in [0.5, 0.6) is 11.5 Å². The second kappa shape index (κ2) is 22.5. The Kier molecular flexibility index (Phi) is 17.0. The van der Waals surface area contributed by atoms with Gasteiger partial charge in [0.15, 0.2) is 28.2 Å². The van der Waals surface area contributed by atoms with Crippen molar-refractivity contribution < 1.29 is 39.1 Å². The first kappa shape index (κ1) is 53.9. The van der Waals surface area contributed by atoms with E-state index in [1.807, 2.05) is 36.4 Å². The number of rotatable bonds is 19. The predicted octanol–water partition coefficient (Wildman–Crippen LogP) is 14.1. The molecule has 0 radical (unpaired) electrons. The van der Waals surface area contributed by atoms with Crippen LogP contribution in [0, 0.1) is 23.3 Å². The zero-order chi connectivity index (χ0) is 51.5. The Labute approximate surface area is 425 Å². The first-order chi connectivity index (χ1) is 33.7. The number of thioether (sulfide) groups is 1. The fourth-order valence-electron chi connectivity index (χ4n) is 9.31. The molecule has 376 valence electrons. The van der Waals surface area contributed by atoms with Crippen LogP contribution in [0.15, 0.2) is 112 Å². The van der Waals surface area contributed by atoms with Crippen LogP contribution in [0.3, 0.4) is 0 Å². The number of sulfonamides is 2. The van der Waals surface area contributed by atoms with E-state index >= 15 is 17.6 Å². The van der Waals surface area contributed by atoms with Gasteiger partial charge in [-0.25, -0.2) is 34.4 Å². The highest BCUT2D eigenvalue weighted by atomic mass is 35.5. The van der Waals surface area contributed by atoms with Gasteiger partial charge in [0.2, 0.25) is 0 Å². The first-order valence-electron chi connectivity index (χ1n) is 24.0. The Hall–Kier alpha value is -4.92. The molecule has 6 aromatic carbocycles. The monoisotopic (exact) mass is 1050 g/mol. The Bertz CT molecular complexity index is 3260. The average molecular weight is 1050 g/mol. The number of hydrogen-bond donors (Lipinski definition) is 1. The van der Waals surface area contributed by atoms with E-state index in [1.165, 1.54) is 44.1 Å². The van der Waals surface area contributed by atoms with Crippen LogP contribution in [-0.2, 0) is 26.5 Å². The van der Waals surface area contributed by atoms with Crippen molar-refractivity contribution in [1.82, 2.24) is 4.13 Å². The number of benzene rings is 6. The third kappa shape index (κ3) is 11.5. The maximum atomic E-state index is 15.7. The zero-order valence-electron chi connectivity index (χ0n) is 41.2. The summed E-state index contributed by atoms with van der Waals surface area (Å²) in [4.78, 5) is -3.72. The van der Waals surface area contributed by atoms with Gasteiger partial charge in [0, 0.05) is 27.8 Å². The van der Waals surface area contributed by atoms with Gasteiger partial charge in [-0.2, -0.15) is 0 Å². The topological polar surface area (TPSA) is 89.5 Å². The van der Waals surface area contributed by atoms with Crippen LogP contribution in [-0.4, -0.2) is 28.5 Å². The van der Waals surface area contributed by atoms with Gasteiger partial charge < -0.3 is 4.74 Å². The lowest BCUT2D eigenvalue weighted by atomic mass is 9.85. The van der Waals surface area contributed by atoms with Gasteiger partial charge in [0.05, 0.1) is 9.79 Å². The fraction of sp³-hybridized carbons (Fsp3) is 0.333. The second-order valence-corrected chi connectivity index (χ2v) is 24.2. The number of halogens is 5. The van der Waals surface area contributed by atoms with Gasteiger partial charge in [0.25, 0.3) is 20.0 Å². The molecule has 6 aromatic rings. The van der Waals surface area contributed by atoms with Crippen LogP contribution in [0.4, 0.5) is 17.6 Å². The number of unbranched alkanes of at least 4 members (excludes halogenated alkanes) is 3. The van der Waals surface area contributed by atoms with E-state index in [0.717, 1.165) is 35.3 Å². The summed E-state index contributed by atoms with van der Waals surface area (Å²) in [6, 6.07) is 29.6. The zero-order valence-corrected chi connectivity index (χ0v) is 44.4. The highest BCUT2D eigenvalue weighted by Crippen LogP contribution is 2.41. The Morgan fingerprint density at radius 1 is 0.606 bits per heavy atom. The van der Waals surface area contributed by atoms with Gasteiger partial charge >= 0.3 is 0 Å². The van der Waals surface area contributed by atoms with Crippen molar-refractivity contribution in [3.63, 3.8) is 0 Å². The quantitative estimate of drug-likeness (QED) is 0.0285. The molecule has 1 aliphatic rings. The second-order valence-electron chi connectivity index (χ2n) is 19.2. The minimum atomic E-state index is -5.83. The van der Waals surface area contributed by atoms with Crippen molar-refractivity contribution >= 4 is 55.1 Å². The summed E-state index contributed by atoms with van der Waals surface area (Å²) in [6.45, 7) is 17.2. The summed E-state index contributed by atoms with van der Waals surface area (Å²) >= 11 is 6.19. The fourth-order valence-corrected chi connectivity index (χ4v) is 13.7. The van der Waals surface area contributed by atoms with Crippen molar-refractivity contribution in [2.45, 2.75) is 126 Å². The number of hydrogen-bond acceptors (Lipinski definition) is 6. The smallest absolute Gasteiger partial charge is 0.259 e. The van der Waals surface area contributed by atoms with Crippen molar-refractivity contribution in [2.75, 3.05) is 11.6 Å². The van der Waals surface area contributed by atoms with Crippen LogP contribution >= 0.6 is 23.4 Å². The first-order valence-corrected chi connectivity index (χ1v) is 28.5. The molecule has 0 atom stereocenters. The van der Waals surface area contributed by atoms with Crippen LogP contribution in [0.1, 0.15) is 155 Å². The SMILES string of the molecule is CC(C)c1cccc(C(C)C)c1/C=c1\ccc2c(c1)Oc1cc(Cc3c(C(C)C)cccc3C(C)C)ccc1C=2c1ccccc1S(=O)(=O)NS(=O)(=O)c1c(F)c(F)c(SCCCCCCCl)c(F)c1F. The minimum Gasteiger partial charge on any atom is -0.456 e. The summed E-state index contributed by atoms with van der Waals surface area (Å²) in [7, 11) is -11.1. The lowest BCUT2D eigenvalue weighted by Crippen LogP contribution is -2.33. The molecule has 0 fully saturated rings. The third-order valence-corrected chi connectivity index (χ3v) is 17.8. The van der Waals surface area contributed by atoms with Gasteiger partial charge in [-0.15, -0.1) is 27.5 Å². The number of nitrogens with one attached hydrogen (secondary N) is 1. The van der Waals surface area contributed by atoms with E-state index in [2.05, 4.69) is 97.9 Å². The van der Waals surface area contributed by atoms with E-state index in [1.54, 1.807) is 6.07 Å². The summed E-state index contributed by atoms with van der Waals surface area (Å²) < 4.78 is 127. The predicted molar refractivity (Wildman–Crippen MR) is 280 cm³/mol. The lowest BCUT2D eigenvalue weighted by molar-refractivity contribution is 0.395. The Morgan fingerprint density at radius 2 is 1.18 bits per heavy atom. The molecule has 0 aromatic heterocycles. The third-order valence-electron chi connectivity index (χ3n) is 12.8. The number of alkyl halides is 1. The average Bonchev–Trinajstić information content (AvgIpc) is 3.31. The van der Waals surface area contributed by atoms with E-state index in [0.29, 0.717) is 64.8 Å². The van der Waals surface area contributed by atoms with E-state index in [9.17, 15) is 16.8 Å². The van der Waals surface area contributed by atoms with Crippen molar-refractivity contribution in [1.29, 1.82) is 0 Å². The van der Waals surface area contributed by atoms with Crippen LogP contribution < -0.4 is 19.3 Å². The molecule has 0 saturated heterocycles. The molecule has 0 unspecified atom stereocenters. The number of fused-ring (bicyclic) bond motifs is 2. The van der Waals surface area contributed by atoms with Gasteiger partial charge in [-0.05, 0) is 123 Å². The van der Waals surface area contributed by atoms with E-state index in [4.69, 9.17) is 16.3 Å². The highest BCUT2D eigenvalue weighted by molar-refractivity contribution is 8.04. The molecule has 1 aliphatic heterocycles. The molecule has 1 heterocycles. The van der Waals surface area contributed by atoms with Gasteiger partial charge in [0.1, 0.15) is 11.5 Å². The largest absolute Gasteiger partial charge is 0.456 e. The summed E-state index contributed by atoms with van der Waals surface area (Å²) in [5.74, 6) is -6.10. The molecule has 0 aliphatic carbocycles. The molecule has 0 amide bonds. The van der Waals surface area contributed by atoms with Crippen LogP contribution in [0.25, 0.3) is 11.6 Å². The summed E-state index contributed by atoms with van der Waals surface area (Å²) in [6.07, 6.45) is 5.25. The Morgan fingerprint density at radius 3 is 1.77 bits per heavy atom. The molecule has 0 spiro atoms. The van der Waals surface area contributed by atoms with Gasteiger partial charge in [-0.3, -0.25) is 0 Å². The van der Waals surface area contributed by atoms with Crippen LogP contribution in [0.2, 0.25) is 0 Å². The molecular weight excluding hydrogens is 986 g/mol. The summed E-state index contributed by atoms with van der Waals surface area (Å²) in [5.41, 5.74) is 8.90. The molecule has 0 bridgehead atoms. The van der Waals surface area contributed by atoms with Crippen molar-refractivity contribution in [3.05, 3.63) is 181 Å². The van der Waals surface area contributed by atoms with E-state index < -0.39 is 58.0 Å². The number of ether oxygens (including phenoxy) is 1. The molecule has 0 saturated carbocycles. The molecule has 7 rings (SSSR count). The van der Waals surface area contributed by atoms with E-state index in [-0.39, 0.29) is 35.0 Å². The standard InChI is InChI=1S/C57H60ClF4NO5S3/c1-33(2)39-18-15-19-40(34(3)4)46(39)29-37-23-25-43-48(31-37)68-49-32-38(30-47-41(35(5)6)20-16-21-42(47)36(7)8)24-26-44(49)51(43)45-17-11-12-22-50(45)70(64,65)63-71(66,67)57-54(61)52(59)56(53(60)55(57)62)69-28-14-10-9-13-27-58/h11-12,15-26,29,31-36,63H,9-10,13-14,27-28,30H2,1-8H3/b37-29+. The highest BCUT2D eigenvalue weighted by Gasteiger charge is 2.37. The molecule has 6 nitrogen and oxygen atoms in total. The lowest BCUT2D eigenvalue weighted by Gasteiger charge is -2.24. The normalized spacial score (nSPS) is 13.1. The molecule has 14 heteroatoms. The summed E-state index contributed by atoms with van der Waals surface area (Å²) in [5, 5.41) is 1.30. The maximum absolute atomic E-state index is 15.7. The van der Waals surface area contributed by atoms with Gasteiger partial charge in [-0.1, -0.05) is 141 Å². The molecule has 71 heavy (non-hydrogen) atoms. The molecule has 1 N–H and O–H groups in total. The van der Waals surface area contributed by atoms with Crippen molar-refractivity contribution in [3.8, 4) is 11.5 Å². The minimum absolute atomic E-state index is 0.0288. The Balaban J connectivity index is 1.38. The van der Waals surface area contributed by atoms with Crippen molar-refractivity contribution in [2.24, 2.45) is 0 Å². The maximum Gasteiger partial charge on any atom is 0.259 e.